The number of carbonyl (C=O) groups is 1. The number of hydrogen-bond acceptors (Lipinski definition) is 7. The monoisotopic (exact) mass is 508 g/mol. The Balaban J connectivity index is 1.40. The predicted octanol–water partition coefficient (Wildman–Crippen LogP) is 5.70. The number of aromatic nitrogens is 7. The van der Waals surface area contributed by atoms with Gasteiger partial charge in [-0.25, -0.2) is 15.0 Å². The molecule has 6 aromatic heterocycles. The maximum atomic E-state index is 12.7. The van der Waals surface area contributed by atoms with Gasteiger partial charge in [-0.2, -0.15) is 16.4 Å². The Morgan fingerprint density at radius 1 is 1.14 bits per heavy atom. The normalized spacial score (nSPS) is 12.3. The number of amides is 1. The summed E-state index contributed by atoms with van der Waals surface area (Å²) in [7, 11) is 1.78. The third kappa shape index (κ3) is 4.05. The maximum absolute atomic E-state index is 12.7. The molecule has 0 aliphatic heterocycles. The van der Waals surface area contributed by atoms with Gasteiger partial charge in [-0.3, -0.25) is 14.9 Å². The van der Waals surface area contributed by atoms with E-state index in [0.717, 1.165) is 45.5 Å². The van der Waals surface area contributed by atoms with Crippen molar-refractivity contribution in [2.45, 2.75) is 20.3 Å². The summed E-state index contributed by atoms with van der Waals surface area (Å²) in [5, 5.41) is 11.7. The molecule has 6 aromatic rings. The van der Waals surface area contributed by atoms with Crippen LogP contribution >= 0.6 is 11.3 Å². The van der Waals surface area contributed by atoms with Gasteiger partial charge in [0.25, 0.3) is 0 Å². The fourth-order valence-corrected chi connectivity index (χ4v) is 4.95. The third-order valence-electron chi connectivity index (χ3n) is 6.63. The molecule has 1 unspecified atom stereocenters. The van der Waals surface area contributed by atoms with Crippen LogP contribution in [0.4, 0.5) is 5.69 Å². The number of carbonyl (C=O) groups excluding carboxylic acids is 1. The van der Waals surface area contributed by atoms with E-state index in [2.05, 4.69) is 36.6 Å². The molecule has 0 fully saturated rings. The Bertz CT molecular complexity index is 1740. The van der Waals surface area contributed by atoms with Crippen LogP contribution in [0.5, 0.6) is 0 Å². The standard InChI is InChI=1S/C27H24N8OS/c1-4-15(2)27(36)35(3)18-11-17(12-28-13-18)20-5-6-21-23(30-20)24(34-33-21)26-31-22-19(16-8-10-37-14-16)7-9-29-25(22)32-26/h5-15H,4H2,1-3H3,(H,33,34)(H,29,31,32). The third-order valence-corrected chi connectivity index (χ3v) is 7.31. The number of fused-ring (bicyclic) bond motifs is 2. The van der Waals surface area contributed by atoms with Gasteiger partial charge in [-0.15, -0.1) is 0 Å². The molecule has 6 heterocycles. The fraction of sp³-hybridized carbons (Fsp3) is 0.185. The summed E-state index contributed by atoms with van der Waals surface area (Å²) in [5.74, 6) is 0.587. The number of anilines is 1. The summed E-state index contributed by atoms with van der Waals surface area (Å²) in [6, 6.07) is 9.84. The van der Waals surface area contributed by atoms with Crippen molar-refractivity contribution in [1.82, 2.24) is 35.1 Å². The van der Waals surface area contributed by atoms with Crippen molar-refractivity contribution < 1.29 is 4.79 Å². The van der Waals surface area contributed by atoms with E-state index in [9.17, 15) is 4.79 Å². The molecule has 0 radical (unpaired) electrons. The highest BCUT2D eigenvalue weighted by atomic mass is 32.1. The van der Waals surface area contributed by atoms with Crippen LogP contribution in [0.3, 0.4) is 0 Å². The average molecular weight is 509 g/mol. The SMILES string of the molecule is CCC(C)C(=O)N(C)c1cncc(-c2ccc3[nH]nc(-c4nc5nccc(-c6ccsc6)c5[nH]4)c3n2)c1. The number of nitrogens with zero attached hydrogens (tertiary/aromatic N) is 6. The second-order valence-electron chi connectivity index (χ2n) is 8.96. The Morgan fingerprint density at radius 2 is 2.03 bits per heavy atom. The van der Waals surface area contributed by atoms with Crippen LogP contribution in [0.25, 0.3) is 56.1 Å². The first kappa shape index (κ1) is 23.0. The molecule has 1 amide bonds. The van der Waals surface area contributed by atoms with E-state index in [1.165, 1.54) is 0 Å². The molecule has 0 aliphatic rings. The number of pyridine rings is 3. The smallest absolute Gasteiger partial charge is 0.229 e. The lowest BCUT2D eigenvalue weighted by atomic mass is 10.1. The number of thiophene rings is 1. The van der Waals surface area contributed by atoms with Gasteiger partial charge in [0.1, 0.15) is 5.52 Å². The van der Waals surface area contributed by atoms with E-state index in [-0.39, 0.29) is 11.8 Å². The van der Waals surface area contributed by atoms with Gasteiger partial charge in [-0.05, 0) is 53.1 Å². The molecule has 6 rings (SSSR count). The summed E-state index contributed by atoms with van der Waals surface area (Å²) in [6.45, 7) is 3.94. The summed E-state index contributed by atoms with van der Waals surface area (Å²) < 4.78 is 0. The molecule has 9 nitrogen and oxygen atoms in total. The zero-order valence-electron chi connectivity index (χ0n) is 20.6. The highest BCUT2D eigenvalue weighted by Gasteiger charge is 2.20. The molecule has 1 atom stereocenters. The molecular weight excluding hydrogens is 484 g/mol. The minimum absolute atomic E-state index is 0.0577. The van der Waals surface area contributed by atoms with Gasteiger partial charge in [0.05, 0.1) is 28.6 Å². The molecule has 0 aromatic carbocycles. The van der Waals surface area contributed by atoms with Crippen molar-refractivity contribution in [2.24, 2.45) is 5.92 Å². The van der Waals surface area contributed by atoms with Gasteiger partial charge in [0, 0.05) is 36.5 Å². The van der Waals surface area contributed by atoms with Gasteiger partial charge >= 0.3 is 0 Å². The van der Waals surface area contributed by atoms with Crippen molar-refractivity contribution in [1.29, 1.82) is 0 Å². The lowest BCUT2D eigenvalue weighted by molar-refractivity contribution is -0.121. The minimum Gasteiger partial charge on any atom is -0.335 e. The molecule has 0 saturated carbocycles. The highest BCUT2D eigenvalue weighted by Crippen LogP contribution is 2.32. The Hall–Kier alpha value is -4.44. The van der Waals surface area contributed by atoms with E-state index >= 15 is 0 Å². The molecular formula is C27H24N8OS. The van der Waals surface area contributed by atoms with Crippen molar-refractivity contribution >= 4 is 45.1 Å². The van der Waals surface area contributed by atoms with E-state index in [4.69, 9.17) is 9.97 Å². The first-order valence-electron chi connectivity index (χ1n) is 12.0. The van der Waals surface area contributed by atoms with Crippen LogP contribution in [-0.4, -0.2) is 48.1 Å². The van der Waals surface area contributed by atoms with Crippen LogP contribution in [0.2, 0.25) is 0 Å². The van der Waals surface area contributed by atoms with Crippen molar-refractivity contribution in [3.63, 3.8) is 0 Å². The predicted molar refractivity (Wildman–Crippen MR) is 146 cm³/mol. The Kier molecular flexibility index (Phi) is 5.72. The summed E-state index contributed by atoms with van der Waals surface area (Å²) in [4.78, 5) is 36.2. The highest BCUT2D eigenvalue weighted by molar-refractivity contribution is 7.08. The first-order chi connectivity index (χ1) is 18.0. The van der Waals surface area contributed by atoms with Crippen molar-refractivity contribution in [3.05, 3.63) is 59.7 Å². The van der Waals surface area contributed by atoms with Crippen molar-refractivity contribution in [2.75, 3.05) is 11.9 Å². The fourth-order valence-electron chi connectivity index (χ4n) is 4.29. The van der Waals surface area contributed by atoms with Gasteiger partial charge < -0.3 is 9.88 Å². The van der Waals surface area contributed by atoms with Gasteiger partial charge in [0.15, 0.2) is 17.2 Å². The molecule has 184 valence electrons. The van der Waals surface area contributed by atoms with Crippen molar-refractivity contribution in [3.8, 4) is 33.9 Å². The summed E-state index contributed by atoms with van der Waals surface area (Å²) >= 11 is 1.65. The van der Waals surface area contributed by atoms with Crippen LogP contribution < -0.4 is 4.90 Å². The topological polar surface area (TPSA) is 116 Å². The number of H-pyrrole nitrogens is 2. The van der Waals surface area contributed by atoms with E-state index < -0.39 is 0 Å². The number of rotatable bonds is 6. The van der Waals surface area contributed by atoms with E-state index in [1.807, 2.05) is 43.5 Å². The van der Waals surface area contributed by atoms with Crippen LogP contribution in [-0.2, 0) is 4.79 Å². The quantitative estimate of drug-likeness (QED) is 0.298. The second kappa shape index (κ2) is 9.21. The average Bonchev–Trinajstić information content (AvgIpc) is 3.70. The zero-order valence-corrected chi connectivity index (χ0v) is 21.4. The molecule has 0 saturated heterocycles. The van der Waals surface area contributed by atoms with Crippen LogP contribution in [0.1, 0.15) is 20.3 Å². The maximum Gasteiger partial charge on any atom is 0.229 e. The summed E-state index contributed by atoms with van der Waals surface area (Å²) in [5.41, 5.74) is 7.97. The largest absolute Gasteiger partial charge is 0.335 e. The van der Waals surface area contributed by atoms with E-state index in [0.29, 0.717) is 22.7 Å². The molecule has 37 heavy (non-hydrogen) atoms. The van der Waals surface area contributed by atoms with Crippen LogP contribution in [0, 0.1) is 5.92 Å². The van der Waals surface area contributed by atoms with Gasteiger partial charge in [0.2, 0.25) is 5.91 Å². The summed E-state index contributed by atoms with van der Waals surface area (Å²) in [6.07, 6.45) is 5.99. The van der Waals surface area contributed by atoms with E-state index in [1.54, 1.807) is 41.9 Å². The lowest BCUT2D eigenvalue weighted by Crippen LogP contribution is -2.31. The minimum atomic E-state index is -0.0600. The Labute approximate surface area is 216 Å². The lowest BCUT2D eigenvalue weighted by Gasteiger charge is -2.21. The second-order valence-corrected chi connectivity index (χ2v) is 9.74. The molecule has 10 heteroatoms. The zero-order chi connectivity index (χ0) is 25.5. The number of hydrogen-bond donors (Lipinski definition) is 2. The number of imidazole rings is 1. The first-order valence-corrected chi connectivity index (χ1v) is 12.9. The molecule has 0 bridgehead atoms. The van der Waals surface area contributed by atoms with Crippen LogP contribution in [0.15, 0.2) is 59.7 Å². The number of nitrogens with one attached hydrogen (secondary N) is 2. The molecule has 0 aliphatic carbocycles. The molecule has 0 spiro atoms. The van der Waals surface area contributed by atoms with Gasteiger partial charge in [-0.1, -0.05) is 13.8 Å². The number of aromatic amines is 2. The Morgan fingerprint density at radius 3 is 2.84 bits per heavy atom. The molecule has 2 N–H and O–H groups in total.